The van der Waals surface area contributed by atoms with E-state index in [0.717, 1.165) is 17.8 Å². The van der Waals surface area contributed by atoms with E-state index in [1.165, 1.54) is 18.6 Å². The van der Waals surface area contributed by atoms with Crippen LogP contribution in [0.2, 0.25) is 0 Å². The van der Waals surface area contributed by atoms with Gasteiger partial charge in [0, 0.05) is 6.07 Å². The molecular formula is C19H14F2N6O. The minimum Gasteiger partial charge on any atom is -0.497 e. The van der Waals surface area contributed by atoms with Gasteiger partial charge in [-0.05, 0) is 29.8 Å². The lowest BCUT2D eigenvalue weighted by molar-refractivity contribution is 0.414. The molecule has 9 heteroatoms. The monoisotopic (exact) mass is 380 g/mol. The summed E-state index contributed by atoms with van der Waals surface area (Å²) in [6.45, 7) is 0. The summed E-state index contributed by atoms with van der Waals surface area (Å²) in [5, 5.41) is 9.04. The summed E-state index contributed by atoms with van der Waals surface area (Å²) in [5.74, 6) is -0.719. The number of hydrogen-bond acceptors (Lipinski definition) is 6. The van der Waals surface area contributed by atoms with Crippen molar-refractivity contribution in [1.29, 1.82) is 0 Å². The van der Waals surface area contributed by atoms with Crippen LogP contribution in [-0.2, 0) is 0 Å². The fourth-order valence-electron chi connectivity index (χ4n) is 2.63. The van der Waals surface area contributed by atoms with E-state index in [1.54, 1.807) is 18.0 Å². The Labute approximate surface area is 158 Å². The first kappa shape index (κ1) is 17.5. The van der Waals surface area contributed by atoms with Crippen molar-refractivity contribution in [3.05, 3.63) is 72.2 Å². The van der Waals surface area contributed by atoms with Crippen LogP contribution in [0.5, 0.6) is 5.75 Å². The fourth-order valence-corrected chi connectivity index (χ4v) is 2.63. The summed E-state index contributed by atoms with van der Waals surface area (Å²) in [5.41, 5.74) is 4.55. The third kappa shape index (κ3) is 3.37. The van der Waals surface area contributed by atoms with E-state index in [4.69, 9.17) is 4.74 Å². The quantitative estimate of drug-likeness (QED) is 0.423. The number of nitrogens with zero attached hydrogens (tertiary/aromatic N) is 5. The predicted molar refractivity (Wildman–Crippen MR) is 101 cm³/mol. The first-order valence-corrected chi connectivity index (χ1v) is 8.23. The zero-order chi connectivity index (χ0) is 19.5. The van der Waals surface area contributed by atoms with E-state index in [9.17, 15) is 8.78 Å². The summed E-state index contributed by atoms with van der Waals surface area (Å²) < 4.78 is 33.1. The van der Waals surface area contributed by atoms with Gasteiger partial charge in [0.25, 0.3) is 0 Å². The standard InChI is InChI=1S/C19H14F2N6O/c1-28-14-4-2-3-13(8-14)27-19-15(10-25-27)18(22-11-23-19)26-24-9-12-5-6-16(20)17(21)7-12/h2-11H,1H3,(H,22,23,26). The lowest BCUT2D eigenvalue weighted by atomic mass is 10.2. The summed E-state index contributed by atoms with van der Waals surface area (Å²) >= 11 is 0. The SMILES string of the molecule is COc1cccc(-n2ncc3c(NN=Cc4ccc(F)c(F)c4)ncnc32)c1. The Bertz CT molecular complexity index is 1170. The van der Waals surface area contributed by atoms with Gasteiger partial charge < -0.3 is 4.74 Å². The second-order valence-corrected chi connectivity index (χ2v) is 5.76. The van der Waals surface area contributed by atoms with Gasteiger partial charge >= 0.3 is 0 Å². The number of anilines is 1. The van der Waals surface area contributed by atoms with Crippen LogP contribution < -0.4 is 10.2 Å². The van der Waals surface area contributed by atoms with Crippen LogP contribution in [0.15, 0.2) is 60.1 Å². The van der Waals surface area contributed by atoms with Crippen LogP contribution in [0.3, 0.4) is 0 Å². The van der Waals surface area contributed by atoms with E-state index >= 15 is 0 Å². The molecular weight excluding hydrogens is 366 g/mol. The van der Waals surface area contributed by atoms with E-state index in [1.807, 2.05) is 24.3 Å². The highest BCUT2D eigenvalue weighted by Gasteiger charge is 2.11. The number of halogens is 2. The lowest BCUT2D eigenvalue weighted by Gasteiger charge is -2.06. The molecule has 1 N–H and O–H groups in total. The summed E-state index contributed by atoms with van der Waals surface area (Å²) in [4.78, 5) is 8.45. The van der Waals surface area contributed by atoms with Crippen molar-refractivity contribution in [2.24, 2.45) is 5.10 Å². The molecule has 0 spiro atoms. The topological polar surface area (TPSA) is 77.2 Å². The van der Waals surface area contributed by atoms with Gasteiger partial charge in [-0.3, -0.25) is 5.43 Å². The molecule has 2 aromatic carbocycles. The first-order chi connectivity index (χ1) is 13.7. The van der Waals surface area contributed by atoms with Crippen molar-refractivity contribution >= 4 is 23.1 Å². The Hall–Kier alpha value is -3.88. The molecule has 0 bridgehead atoms. The van der Waals surface area contributed by atoms with Crippen molar-refractivity contribution < 1.29 is 13.5 Å². The van der Waals surface area contributed by atoms with E-state index in [2.05, 4.69) is 25.6 Å². The van der Waals surface area contributed by atoms with Gasteiger partial charge in [-0.15, -0.1) is 0 Å². The predicted octanol–water partition coefficient (Wildman–Crippen LogP) is 3.55. The third-order valence-corrected chi connectivity index (χ3v) is 3.99. The Morgan fingerprint density at radius 1 is 1.11 bits per heavy atom. The number of rotatable bonds is 5. The number of nitrogens with one attached hydrogen (secondary N) is 1. The van der Waals surface area contributed by atoms with Crippen LogP contribution in [0.4, 0.5) is 14.6 Å². The summed E-state index contributed by atoms with van der Waals surface area (Å²) in [7, 11) is 1.59. The van der Waals surface area contributed by atoms with Gasteiger partial charge in [0.1, 0.15) is 12.1 Å². The highest BCUT2D eigenvalue weighted by molar-refractivity contribution is 5.88. The van der Waals surface area contributed by atoms with Crippen LogP contribution in [0.1, 0.15) is 5.56 Å². The number of benzene rings is 2. The molecule has 28 heavy (non-hydrogen) atoms. The molecule has 0 saturated carbocycles. The molecule has 0 atom stereocenters. The van der Waals surface area contributed by atoms with Gasteiger partial charge in [-0.25, -0.2) is 23.4 Å². The number of hydrogen-bond donors (Lipinski definition) is 1. The smallest absolute Gasteiger partial charge is 0.168 e. The molecule has 0 aliphatic heterocycles. The van der Waals surface area contributed by atoms with Crippen molar-refractivity contribution in [3.8, 4) is 11.4 Å². The second-order valence-electron chi connectivity index (χ2n) is 5.76. The number of ether oxygens (including phenoxy) is 1. The zero-order valence-electron chi connectivity index (χ0n) is 14.7. The highest BCUT2D eigenvalue weighted by atomic mass is 19.2. The molecule has 0 fully saturated rings. The lowest BCUT2D eigenvalue weighted by Crippen LogP contribution is -2.00. The molecule has 0 radical (unpaired) electrons. The van der Waals surface area contributed by atoms with Crippen molar-refractivity contribution in [2.45, 2.75) is 0 Å². The molecule has 4 aromatic rings. The number of hydrazone groups is 1. The highest BCUT2D eigenvalue weighted by Crippen LogP contribution is 2.23. The maximum absolute atomic E-state index is 13.3. The van der Waals surface area contributed by atoms with E-state index < -0.39 is 11.6 Å². The van der Waals surface area contributed by atoms with Gasteiger partial charge in [-0.2, -0.15) is 10.2 Å². The van der Waals surface area contributed by atoms with Gasteiger partial charge in [-0.1, -0.05) is 12.1 Å². The van der Waals surface area contributed by atoms with Crippen molar-refractivity contribution in [2.75, 3.05) is 12.5 Å². The average Bonchev–Trinajstić information content (AvgIpc) is 3.16. The first-order valence-electron chi connectivity index (χ1n) is 8.23. The minimum absolute atomic E-state index is 0.406. The van der Waals surface area contributed by atoms with Crippen LogP contribution in [0.25, 0.3) is 16.7 Å². The van der Waals surface area contributed by atoms with Gasteiger partial charge in [0.15, 0.2) is 23.1 Å². The minimum atomic E-state index is -0.937. The molecule has 4 rings (SSSR count). The van der Waals surface area contributed by atoms with Gasteiger partial charge in [0.2, 0.25) is 0 Å². The second kappa shape index (κ2) is 7.39. The Balaban J connectivity index is 1.63. The number of fused-ring (bicyclic) bond motifs is 1. The zero-order valence-corrected chi connectivity index (χ0v) is 14.7. The molecule has 0 aliphatic carbocycles. The third-order valence-electron chi connectivity index (χ3n) is 3.99. The summed E-state index contributed by atoms with van der Waals surface area (Å²) in [6.07, 6.45) is 4.36. The maximum atomic E-state index is 13.3. The molecule has 140 valence electrons. The Kier molecular flexibility index (Phi) is 4.63. The molecule has 0 saturated heterocycles. The maximum Gasteiger partial charge on any atom is 0.168 e. The molecule has 0 unspecified atom stereocenters. The van der Waals surface area contributed by atoms with Crippen LogP contribution in [0, 0.1) is 11.6 Å². The number of aromatic nitrogens is 4. The Morgan fingerprint density at radius 2 is 2.00 bits per heavy atom. The average molecular weight is 380 g/mol. The largest absolute Gasteiger partial charge is 0.497 e. The Morgan fingerprint density at radius 3 is 2.82 bits per heavy atom. The van der Waals surface area contributed by atoms with Gasteiger partial charge in [0.05, 0.1) is 30.6 Å². The molecule has 0 amide bonds. The van der Waals surface area contributed by atoms with Crippen molar-refractivity contribution in [3.63, 3.8) is 0 Å². The van der Waals surface area contributed by atoms with Crippen LogP contribution in [-0.4, -0.2) is 33.1 Å². The molecule has 7 nitrogen and oxygen atoms in total. The van der Waals surface area contributed by atoms with E-state index in [0.29, 0.717) is 28.2 Å². The normalized spacial score (nSPS) is 11.2. The van der Waals surface area contributed by atoms with E-state index in [-0.39, 0.29) is 0 Å². The molecule has 2 heterocycles. The van der Waals surface area contributed by atoms with Crippen molar-refractivity contribution in [1.82, 2.24) is 19.7 Å². The van der Waals surface area contributed by atoms with Crippen LogP contribution >= 0.6 is 0 Å². The molecule has 2 aromatic heterocycles. The summed E-state index contributed by atoms with van der Waals surface area (Å²) in [6, 6.07) is 10.9. The number of methoxy groups -OCH3 is 1. The molecule has 0 aliphatic rings. The fraction of sp³-hybridized carbons (Fsp3) is 0.0526.